The SMILES string of the molecule is CCOC(=O)COc1ccc(/C=N\NC(=O)C[C@@H](NS(=O)(=O)c2ccc(C)cc2)c2ccccc2)cc1OC. The van der Waals surface area contributed by atoms with Gasteiger partial charge in [0.2, 0.25) is 15.9 Å². The molecule has 3 aromatic carbocycles. The first-order chi connectivity index (χ1) is 18.7. The molecule has 10 nitrogen and oxygen atoms in total. The minimum absolute atomic E-state index is 0.107. The first-order valence-corrected chi connectivity index (χ1v) is 13.6. The molecule has 2 N–H and O–H groups in total. The number of nitrogens with one attached hydrogen (secondary N) is 2. The smallest absolute Gasteiger partial charge is 0.344 e. The van der Waals surface area contributed by atoms with E-state index in [2.05, 4.69) is 15.2 Å². The van der Waals surface area contributed by atoms with Crippen LogP contribution in [-0.2, 0) is 24.3 Å². The van der Waals surface area contributed by atoms with Gasteiger partial charge in [0.1, 0.15) is 0 Å². The Morgan fingerprint density at radius 1 is 1.00 bits per heavy atom. The quantitative estimate of drug-likeness (QED) is 0.188. The van der Waals surface area contributed by atoms with Crippen LogP contribution in [0.3, 0.4) is 0 Å². The second kappa shape index (κ2) is 14.1. The summed E-state index contributed by atoms with van der Waals surface area (Å²) >= 11 is 0. The lowest BCUT2D eigenvalue weighted by Gasteiger charge is -2.18. The highest BCUT2D eigenvalue weighted by atomic mass is 32.2. The van der Waals surface area contributed by atoms with Crippen LogP contribution in [0.15, 0.2) is 82.8 Å². The minimum atomic E-state index is -3.88. The van der Waals surface area contributed by atoms with Crippen LogP contribution in [0, 0.1) is 6.92 Å². The number of amides is 1. The van der Waals surface area contributed by atoms with Crippen molar-refractivity contribution in [1.29, 1.82) is 0 Å². The summed E-state index contributed by atoms with van der Waals surface area (Å²) in [6.07, 6.45) is 1.22. The Kier molecular flexibility index (Phi) is 10.6. The Hall–Kier alpha value is -4.22. The van der Waals surface area contributed by atoms with Gasteiger partial charge in [-0.25, -0.2) is 23.4 Å². The molecular weight excluding hydrogens is 522 g/mol. The van der Waals surface area contributed by atoms with Crippen LogP contribution in [0.4, 0.5) is 0 Å². The molecule has 39 heavy (non-hydrogen) atoms. The highest BCUT2D eigenvalue weighted by Gasteiger charge is 2.23. The molecule has 0 radical (unpaired) electrons. The summed E-state index contributed by atoms with van der Waals surface area (Å²) in [5.41, 5.74) is 4.59. The molecule has 3 rings (SSSR count). The van der Waals surface area contributed by atoms with E-state index >= 15 is 0 Å². The van der Waals surface area contributed by atoms with Crippen molar-refractivity contribution in [1.82, 2.24) is 10.1 Å². The molecule has 0 saturated heterocycles. The van der Waals surface area contributed by atoms with E-state index in [9.17, 15) is 18.0 Å². The van der Waals surface area contributed by atoms with Gasteiger partial charge < -0.3 is 14.2 Å². The lowest BCUT2D eigenvalue weighted by atomic mass is 10.0. The van der Waals surface area contributed by atoms with Crippen molar-refractivity contribution in [3.05, 3.63) is 89.5 Å². The second-order valence-corrected chi connectivity index (χ2v) is 10.1. The highest BCUT2D eigenvalue weighted by Crippen LogP contribution is 2.27. The van der Waals surface area contributed by atoms with E-state index in [1.807, 2.05) is 6.92 Å². The summed E-state index contributed by atoms with van der Waals surface area (Å²) in [5, 5.41) is 3.98. The summed E-state index contributed by atoms with van der Waals surface area (Å²) < 4.78 is 44.2. The number of aryl methyl sites for hydroxylation is 1. The number of carbonyl (C=O) groups is 2. The van der Waals surface area contributed by atoms with E-state index in [1.165, 1.54) is 25.5 Å². The van der Waals surface area contributed by atoms with Crippen LogP contribution in [0.25, 0.3) is 0 Å². The van der Waals surface area contributed by atoms with Gasteiger partial charge in [-0.3, -0.25) is 4.79 Å². The maximum Gasteiger partial charge on any atom is 0.344 e. The topological polar surface area (TPSA) is 132 Å². The molecule has 0 aromatic heterocycles. The van der Waals surface area contributed by atoms with Crippen molar-refractivity contribution in [2.24, 2.45) is 5.10 Å². The maximum atomic E-state index is 13.0. The number of ether oxygens (including phenoxy) is 3. The minimum Gasteiger partial charge on any atom is -0.493 e. The van der Waals surface area contributed by atoms with Gasteiger partial charge in [0, 0.05) is 6.42 Å². The summed E-state index contributed by atoms with van der Waals surface area (Å²) in [6, 6.07) is 19.4. The molecular formula is C28H31N3O7S. The molecule has 0 aliphatic carbocycles. The van der Waals surface area contributed by atoms with Crippen molar-refractivity contribution >= 4 is 28.1 Å². The summed E-state index contributed by atoms with van der Waals surface area (Å²) in [6.45, 7) is 3.57. The summed E-state index contributed by atoms with van der Waals surface area (Å²) in [4.78, 5) is 24.4. The van der Waals surface area contributed by atoms with Crippen LogP contribution in [0.1, 0.15) is 36.1 Å². The number of methoxy groups -OCH3 is 1. The Balaban J connectivity index is 1.66. The van der Waals surface area contributed by atoms with Gasteiger partial charge in [-0.2, -0.15) is 5.10 Å². The van der Waals surface area contributed by atoms with E-state index in [0.29, 0.717) is 22.6 Å². The van der Waals surface area contributed by atoms with E-state index < -0.39 is 27.9 Å². The summed E-state index contributed by atoms with van der Waals surface area (Å²) in [7, 11) is -2.43. The average molecular weight is 554 g/mol. The van der Waals surface area contributed by atoms with Crippen molar-refractivity contribution in [2.45, 2.75) is 31.2 Å². The number of hydrogen-bond acceptors (Lipinski definition) is 8. The number of hydrazone groups is 1. The highest BCUT2D eigenvalue weighted by molar-refractivity contribution is 7.89. The zero-order valence-corrected chi connectivity index (χ0v) is 22.7. The van der Waals surface area contributed by atoms with Gasteiger partial charge in [0.05, 0.1) is 30.9 Å². The molecule has 1 atom stereocenters. The molecule has 1 amide bonds. The van der Waals surface area contributed by atoms with Crippen LogP contribution in [0.5, 0.6) is 11.5 Å². The monoisotopic (exact) mass is 553 g/mol. The van der Waals surface area contributed by atoms with Crippen molar-refractivity contribution in [2.75, 3.05) is 20.3 Å². The van der Waals surface area contributed by atoms with Gasteiger partial charge in [-0.1, -0.05) is 48.0 Å². The van der Waals surface area contributed by atoms with Crippen molar-refractivity contribution < 1.29 is 32.2 Å². The van der Waals surface area contributed by atoms with Gasteiger partial charge >= 0.3 is 5.97 Å². The number of hydrogen-bond donors (Lipinski definition) is 2. The Morgan fingerprint density at radius 2 is 1.72 bits per heavy atom. The normalized spacial score (nSPS) is 12.1. The third kappa shape index (κ3) is 8.94. The third-order valence-electron chi connectivity index (χ3n) is 5.46. The number of benzene rings is 3. The fraction of sp³-hybridized carbons (Fsp3) is 0.250. The molecule has 0 unspecified atom stereocenters. The van der Waals surface area contributed by atoms with Crippen LogP contribution < -0.4 is 19.6 Å². The maximum absolute atomic E-state index is 13.0. The zero-order chi connectivity index (χ0) is 28.3. The molecule has 0 heterocycles. The fourth-order valence-electron chi connectivity index (χ4n) is 3.52. The predicted octanol–water partition coefficient (Wildman–Crippen LogP) is 3.51. The van der Waals surface area contributed by atoms with E-state index in [4.69, 9.17) is 14.2 Å². The van der Waals surface area contributed by atoms with Crippen LogP contribution >= 0.6 is 0 Å². The molecule has 0 spiro atoms. The third-order valence-corrected chi connectivity index (χ3v) is 6.95. The largest absolute Gasteiger partial charge is 0.493 e. The van der Waals surface area contributed by atoms with E-state index in [1.54, 1.807) is 67.6 Å². The Morgan fingerprint density at radius 3 is 2.38 bits per heavy atom. The van der Waals surface area contributed by atoms with Crippen molar-refractivity contribution in [3.63, 3.8) is 0 Å². The van der Waals surface area contributed by atoms with Gasteiger partial charge in [-0.15, -0.1) is 0 Å². The van der Waals surface area contributed by atoms with Crippen molar-refractivity contribution in [3.8, 4) is 11.5 Å². The summed E-state index contributed by atoms with van der Waals surface area (Å²) in [5.74, 6) is -0.279. The first-order valence-electron chi connectivity index (χ1n) is 12.1. The van der Waals surface area contributed by atoms with Gasteiger partial charge in [0.15, 0.2) is 18.1 Å². The van der Waals surface area contributed by atoms with E-state index in [-0.39, 0.29) is 24.5 Å². The average Bonchev–Trinajstić information content (AvgIpc) is 2.92. The lowest BCUT2D eigenvalue weighted by molar-refractivity contribution is -0.145. The number of nitrogens with zero attached hydrogens (tertiary/aromatic N) is 1. The second-order valence-electron chi connectivity index (χ2n) is 8.40. The number of carbonyl (C=O) groups excluding carboxylic acids is 2. The predicted molar refractivity (Wildman–Crippen MR) is 146 cm³/mol. The lowest BCUT2D eigenvalue weighted by Crippen LogP contribution is -2.32. The molecule has 0 saturated carbocycles. The molecule has 0 bridgehead atoms. The molecule has 0 aliphatic rings. The molecule has 3 aromatic rings. The fourth-order valence-corrected chi connectivity index (χ4v) is 4.74. The molecule has 0 fully saturated rings. The molecule has 11 heteroatoms. The van der Waals surface area contributed by atoms with Crippen LogP contribution in [-0.4, -0.2) is 46.8 Å². The van der Waals surface area contributed by atoms with Gasteiger partial charge in [-0.05, 0) is 55.3 Å². The first kappa shape index (κ1) is 29.3. The Bertz CT molecular complexity index is 1390. The number of esters is 1. The zero-order valence-electron chi connectivity index (χ0n) is 21.9. The molecule has 0 aliphatic heterocycles. The standard InChI is InChI=1S/C28H31N3O7S/c1-4-37-28(33)19-38-25-15-12-21(16-26(25)36-3)18-29-30-27(32)17-24(22-8-6-5-7-9-22)31-39(34,35)23-13-10-20(2)11-14-23/h5-16,18,24,31H,4,17,19H2,1-3H3,(H,30,32)/b29-18-/t24-/m1/s1. The van der Waals surface area contributed by atoms with Crippen LogP contribution in [0.2, 0.25) is 0 Å². The molecule has 206 valence electrons. The Labute approximate surface area is 228 Å². The number of sulfonamides is 1. The van der Waals surface area contributed by atoms with Gasteiger partial charge in [0.25, 0.3) is 0 Å². The van der Waals surface area contributed by atoms with E-state index in [0.717, 1.165) is 5.56 Å². The number of rotatable bonds is 13.